The molecule has 0 spiro atoms. The van der Waals surface area contributed by atoms with Crippen molar-refractivity contribution in [1.29, 1.82) is 0 Å². The quantitative estimate of drug-likeness (QED) is 0.160. The number of thioether (sulfide) groups is 1. The van der Waals surface area contributed by atoms with Crippen molar-refractivity contribution < 1.29 is 0 Å². The summed E-state index contributed by atoms with van der Waals surface area (Å²) < 4.78 is 2.40. The second kappa shape index (κ2) is 16.5. The van der Waals surface area contributed by atoms with Crippen molar-refractivity contribution in [3.8, 4) is 67.3 Å². The monoisotopic (exact) mass is 825 g/mol. The summed E-state index contributed by atoms with van der Waals surface area (Å²) in [4.78, 5) is 20.2. The van der Waals surface area contributed by atoms with Gasteiger partial charge in [-0.1, -0.05) is 97.6 Å². The minimum atomic E-state index is 0.780. The Balaban J connectivity index is 1.12. The third-order valence-corrected chi connectivity index (χ3v) is 12.7. The van der Waals surface area contributed by atoms with Crippen molar-refractivity contribution in [3.63, 3.8) is 0 Å². The van der Waals surface area contributed by atoms with Crippen molar-refractivity contribution >= 4 is 44.8 Å². The van der Waals surface area contributed by atoms with Crippen molar-refractivity contribution in [2.24, 2.45) is 0 Å². The molecule has 1 aliphatic rings. The average molecular weight is 826 g/mol. The number of fused-ring (bicyclic) bond motifs is 4. The summed E-state index contributed by atoms with van der Waals surface area (Å²) in [5, 5.41) is 2.31. The molecule has 63 heavy (non-hydrogen) atoms. The van der Waals surface area contributed by atoms with E-state index in [1.807, 2.05) is 85.1 Å². The number of nitrogens with zero attached hydrogens (tertiary/aromatic N) is 5. The van der Waals surface area contributed by atoms with Crippen molar-refractivity contribution in [3.05, 3.63) is 225 Å². The predicted molar refractivity (Wildman–Crippen MR) is 263 cm³/mol. The Morgan fingerprint density at radius 3 is 1.35 bits per heavy atom. The normalized spacial score (nSPS) is 14.0. The van der Waals surface area contributed by atoms with Gasteiger partial charge in [0.15, 0.2) is 0 Å². The van der Waals surface area contributed by atoms with Gasteiger partial charge in [0, 0.05) is 74.2 Å². The van der Waals surface area contributed by atoms with Gasteiger partial charge in [-0.05, 0) is 130 Å². The van der Waals surface area contributed by atoms with Crippen LogP contribution < -0.4 is 0 Å². The maximum Gasteiger partial charge on any atom is 0.0709 e. The van der Waals surface area contributed by atoms with Gasteiger partial charge in [0.25, 0.3) is 0 Å². The molecule has 6 heterocycles. The van der Waals surface area contributed by atoms with Crippen LogP contribution >= 0.6 is 11.8 Å². The first-order chi connectivity index (χ1) is 31.2. The molecule has 0 N–H and O–H groups in total. The number of aromatic nitrogens is 5. The van der Waals surface area contributed by atoms with E-state index in [0.717, 1.165) is 117 Å². The summed E-state index contributed by atoms with van der Waals surface area (Å²) in [5.74, 6) is 0.780. The summed E-state index contributed by atoms with van der Waals surface area (Å²) in [6.45, 7) is 4.76. The Morgan fingerprint density at radius 2 is 0.873 bits per heavy atom. The van der Waals surface area contributed by atoms with Gasteiger partial charge in [0.05, 0.1) is 33.8 Å². The number of benzene rings is 5. The molecule has 0 saturated heterocycles. The maximum absolute atomic E-state index is 4.79. The summed E-state index contributed by atoms with van der Waals surface area (Å²) >= 11 is 1.81. The SMILES string of the molecule is C=C1/C=C(n2c3ccc(-c4ccccc4-c4ccccn4)cc3c3cc(-c4ccccc4-c4ccccn4)ccc32)\C=C/CSc2cc(-c3ccccn3)c(-c3ccccn3)cc21. The van der Waals surface area contributed by atoms with Gasteiger partial charge >= 0.3 is 0 Å². The van der Waals surface area contributed by atoms with Gasteiger partial charge in [-0.25, -0.2) is 0 Å². The van der Waals surface area contributed by atoms with Crippen molar-refractivity contribution in [1.82, 2.24) is 24.5 Å². The number of rotatable bonds is 7. The third-order valence-electron chi connectivity index (χ3n) is 11.7. The molecule has 0 atom stereocenters. The lowest BCUT2D eigenvalue weighted by Gasteiger charge is -2.16. The standard InChI is InChI=1S/C57H39N5S/c1-38-33-41(15-14-32-63-57-37-48(54-23-9-13-31-61-54)47(36-46(38)57)53-22-8-12-30-60-53)62-55-26-24-39(42-16-2-4-18-44(42)51-20-6-10-28-58-51)34-49(55)50-35-40(25-27-56(50)62)43-17-3-5-19-45(43)52-21-7-11-29-59-52/h2-31,33-37H,1,32H2/b15-14-,41-33+. The summed E-state index contributed by atoms with van der Waals surface area (Å²) in [7, 11) is 0. The van der Waals surface area contributed by atoms with E-state index in [0.29, 0.717) is 0 Å². The summed E-state index contributed by atoms with van der Waals surface area (Å²) in [6, 6.07) is 59.6. The molecule has 0 fully saturated rings. The second-order valence-corrected chi connectivity index (χ2v) is 16.5. The molecule has 0 amide bonds. The van der Waals surface area contributed by atoms with E-state index in [9.17, 15) is 0 Å². The predicted octanol–water partition coefficient (Wildman–Crippen LogP) is 14.6. The molecule has 5 aromatic heterocycles. The van der Waals surface area contributed by atoms with Gasteiger partial charge in [-0.3, -0.25) is 19.9 Å². The molecule has 5 nitrogen and oxygen atoms in total. The number of hydrogen-bond donors (Lipinski definition) is 0. The van der Waals surface area contributed by atoms with E-state index in [1.54, 1.807) is 0 Å². The lowest BCUT2D eigenvalue weighted by molar-refractivity contribution is 1.24. The maximum atomic E-state index is 4.79. The third kappa shape index (κ3) is 7.16. The Labute approximate surface area is 370 Å². The zero-order valence-electron chi connectivity index (χ0n) is 34.3. The van der Waals surface area contributed by atoms with Gasteiger partial charge < -0.3 is 4.57 Å². The lowest BCUT2D eigenvalue weighted by atomic mass is 9.94. The van der Waals surface area contributed by atoms with Crippen LogP contribution in [0.15, 0.2) is 224 Å². The molecule has 0 unspecified atom stereocenters. The van der Waals surface area contributed by atoms with Crippen LogP contribution in [-0.4, -0.2) is 30.3 Å². The van der Waals surface area contributed by atoms with Crippen LogP contribution in [0.25, 0.3) is 100 Å². The summed E-state index contributed by atoms with van der Waals surface area (Å²) in [6.07, 6.45) is 14.1. The number of allylic oxidation sites excluding steroid dienone is 4. The molecule has 0 bridgehead atoms. The molecule has 11 rings (SSSR count). The molecule has 10 aromatic rings. The van der Waals surface area contributed by atoms with Gasteiger partial charge in [0.1, 0.15) is 0 Å². The van der Waals surface area contributed by atoms with Crippen LogP contribution in [0, 0.1) is 0 Å². The van der Waals surface area contributed by atoms with Gasteiger partial charge in [0.2, 0.25) is 0 Å². The molecule has 5 aromatic carbocycles. The van der Waals surface area contributed by atoms with Gasteiger partial charge in [-0.15, -0.1) is 11.8 Å². The van der Waals surface area contributed by atoms with Crippen molar-refractivity contribution in [2.45, 2.75) is 4.90 Å². The largest absolute Gasteiger partial charge is 0.309 e. The molecule has 6 heteroatoms. The zero-order valence-corrected chi connectivity index (χ0v) is 35.1. The average Bonchev–Trinajstić information content (AvgIpc) is 3.71. The smallest absolute Gasteiger partial charge is 0.0709 e. The zero-order chi connectivity index (χ0) is 42.1. The minimum absolute atomic E-state index is 0.780. The second-order valence-electron chi connectivity index (χ2n) is 15.5. The highest BCUT2D eigenvalue weighted by atomic mass is 32.2. The van der Waals surface area contributed by atoms with Crippen LogP contribution in [-0.2, 0) is 0 Å². The molecule has 0 aliphatic carbocycles. The van der Waals surface area contributed by atoms with E-state index in [4.69, 9.17) is 26.5 Å². The number of pyridine rings is 4. The molecule has 1 aliphatic heterocycles. The lowest BCUT2D eigenvalue weighted by Crippen LogP contribution is -1.97. The molecular formula is C57H39N5S. The molecule has 0 saturated carbocycles. The van der Waals surface area contributed by atoms with E-state index in [2.05, 4.69) is 144 Å². The summed E-state index contributed by atoms with van der Waals surface area (Å²) in [5.41, 5.74) is 17.7. The fourth-order valence-corrected chi connectivity index (χ4v) is 9.68. The van der Waals surface area contributed by atoms with Crippen LogP contribution in [0.5, 0.6) is 0 Å². The first kappa shape index (κ1) is 38.0. The minimum Gasteiger partial charge on any atom is -0.309 e. The highest BCUT2D eigenvalue weighted by Gasteiger charge is 2.21. The highest BCUT2D eigenvalue weighted by Crippen LogP contribution is 2.43. The molecular weight excluding hydrogens is 787 g/mol. The van der Waals surface area contributed by atoms with Crippen LogP contribution in [0.2, 0.25) is 0 Å². The van der Waals surface area contributed by atoms with Crippen LogP contribution in [0.3, 0.4) is 0 Å². The van der Waals surface area contributed by atoms with Gasteiger partial charge in [-0.2, -0.15) is 0 Å². The topological polar surface area (TPSA) is 56.5 Å². The molecule has 298 valence electrons. The van der Waals surface area contributed by atoms with E-state index >= 15 is 0 Å². The van der Waals surface area contributed by atoms with Crippen LogP contribution in [0.1, 0.15) is 5.56 Å². The fraction of sp³-hybridized carbons (Fsp3) is 0.0175. The first-order valence-corrected chi connectivity index (χ1v) is 22.0. The van der Waals surface area contributed by atoms with E-state index in [-0.39, 0.29) is 0 Å². The Morgan fingerprint density at radius 1 is 0.429 bits per heavy atom. The van der Waals surface area contributed by atoms with E-state index in [1.165, 1.54) is 0 Å². The van der Waals surface area contributed by atoms with Crippen molar-refractivity contribution in [2.75, 3.05) is 5.75 Å². The fourth-order valence-electron chi connectivity index (χ4n) is 8.77. The molecule has 0 radical (unpaired) electrons. The Kier molecular flexibility index (Phi) is 9.96. The van der Waals surface area contributed by atoms with E-state index < -0.39 is 0 Å². The first-order valence-electron chi connectivity index (χ1n) is 21.0. The Hall–Kier alpha value is -7.93. The Bertz CT molecular complexity index is 3250. The van der Waals surface area contributed by atoms with Crippen LogP contribution in [0.4, 0.5) is 0 Å². The highest BCUT2D eigenvalue weighted by molar-refractivity contribution is 7.99. The number of hydrogen-bond acceptors (Lipinski definition) is 5.